The molecule has 4 nitrogen and oxygen atoms in total. The van der Waals surface area contributed by atoms with Gasteiger partial charge in [0.05, 0.1) is 12.4 Å². The van der Waals surface area contributed by atoms with E-state index < -0.39 is 10.0 Å². The van der Waals surface area contributed by atoms with Gasteiger partial charge in [-0.1, -0.05) is 6.92 Å². The lowest BCUT2D eigenvalue weighted by molar-refractivity contribution is 0.0501. The smallest absolute Gasteiger partial charge is 0.211 e. The van der Waals surface area contributed by atoms with Crippen LogP contribution >= 0.6 is 0 Å². The molecule has 0 aromatic heterocycles. The van der Waals surface area contributed by atoms with Crippen LogP contribution in [-0.4, -0.2) is 45.3 Å². The van der Waals surface area contributed by atoms with Crippen LogP contribution in [0.4, 0.5) is 0 Å². The van der Waals surface area contributed by atoms with E-state index in [4.69, 9.17) is 4.74 Å². The van der Waals surface area contributed by atoms with Gasteiger partial charge < -0.3 is 4.74 Å². The van der Waals surface area contributed by atoms with Gasteiger partial charge >= 0.3 is 0 Å². The van der Waals surface area contributed by atoms with Gasteiger partial charge in [-0.25, -0.2) is 12.7 Å². The summed E-state index contributed by atoms with van der Waals surface area (Å²) >= 11 is 0. The number of hydrogen-bond acceptors (Lipinski definition) is 3. The summed E-state index contributed by atoms with van der Waals surface area (Å²) in [5.74, 6) is 0. The average Bonchev–Trinajstić information content (AvgIpc) is 2.01. The Kier molecular flexibility index (Phi) is 5.51. The molecule has 80 valence electrons. The molecule has 0 aromatic carbocycles. The molecule has 0 rings (SSSR count). The molecular formula is C8H19NO3S. The second kappa shape index (κ2) is 5.57. The van der Waals surface area contributed by atoms with Gasteiger partial charge in [0.2, 0.25) is 10.0 Å². The number of nitrogens with zero attached hydrogens (tertiary/aromatic N) is 1. The van der Waals surface area contributed by atoms with Crippen molar-refractivity contribution in [3.8, 4) is 0 Å². The number of likely N-dealkylation sites (N-methyl/N-ethyl adjacent to an activating group) is 1. The molecule has 0 aliphatic heterocycles. The maximum atomic E-state index is 11.1. The first-order chi connectivity index (χ1) is 5.91. The van der Waals surface area contributed by atoms with Crippen LogP contribution in [-0.2, 0) is 14.8 Å². The highest BCUT2D eigenvalue weighted by Gasteiger charge is 2.16. The Labute approximate surface area is 80.9 Å². The molecule has 0 amide bonds. The summed E-state index contributed by atoms with van der Waals surface area (Å²) in [6, 6.07) is 0. The third-order valence-corrected chi connectivity index (χ3v) is 3.17. The molecule has 0 heterocycles. The standard InChI is InChI=1S/C8H19NO3S/c1-5-8(12-6-2)7-9(3)13(4,10)11/h8H,5-7H2,1-4H3/t8-/m0/s1. The highest BCUT2D eigenvalue weighted by Crippen LogP contribution is 2.03. The summed E-state index contributed by atoms with van der Waals surface area (Å²) in [4.78, 5) is 0. The van der Waals surface area contributed by atoms with Crippen molar-refractivity contribution in [2.75, 3.05) is 26.5 Å². The molecule has 0 fully saturated rings. The van der Waals surface area contributed by atoms with Gasteiger partial charge in [0.25, 0.3) is 0 Å². The Morgan fingerprint density at radius 1 is 1.38 bits per heavy atom. The van der Waals surface area contributed by atoms with Gasteiger partial charge in [-0.2, -0.15) is 0 Å². The number of ether oxygens (including phenoxy) is 1. The topological polar surface area (TPSA) is 46.6 Å². The van der Waals surface area contributed by atoms with Crippen molar-refractivity contribution in [1.82, 2.24) is 4.31 Å². The fourth-order valence-electron chi connectivity index (χ4n) is 0.958. The molecule has 1 atom stereocenters. The first kappa shape index (κ1) is 12.9. The Balaban J connectivity index is 4.09. The van der Waals surface area contributed by atoms with Gasteiger partial charge in [0.1, 0.15) is 0 Å². The third kappa shape index (κ3) is 5.23. The summed E-state index contributed by atoms with van der Waals surface area (Å²) in [6.07, 6.45) is 2.03. The number of rotatable bonds is 6. The van der Waals surface area contributed by atoms with Crippen LogP contribution in [0.3, 0.4) is 0 Å². The van der Waals surface area contributed by atoms with Crippen LogP contribution < -0.4 is 0 Å². The van der Waals surface area contributed by atoms with Crippen molar-refractivity contribution in [1.29, 1.82) is 0 Å². The fourth-order valence-corrected chi connectivity index (χ4v) is 1.39. The van der Waals surface area contributed by atoms with Crippen molar-refractivity contribution in [2.24, 2.45) is 0 Å². The van der Waals surface area contributed by atoms with Crippen LogP contribution in [0.1, 0.15) is 20.3 Å². The molecule has 0 aliphatic carbocycles. The molecule has 0 aromatic rings. The summed E-state index contributed by atoms with van der Waals surface area (Å²) in [5.41, 5.74) is 0. The molecule has 13 heavy (non-hydrogen) atoms. The highest BCUT2D eigenvalue weighted by molar-refractivity contribution is 7.88. The lowest BCUT2D eigenvalue weighted by atomic mass is 10.3. The third-order valence-electron chi connectivity index (χ3n) is 1.88. The predicted molar refractivity (Wildman–Crippen MR) is 53.2 cm³/mol. The minimum Gasteiger partial charge on any atom is -0.377 e. The molecule has 0 bridgehead atoms. The minimum atomic E-state index is -3.07. The zero-order valence-electron chi connectivity index (χ0n) is 8.78. The maximum Gasteiger partial charge on any atom is 0.211 e. The Morgan fingerprint density at radius 3 is 2.23 bits per heavy atom. The van der Waals surface area contributed by atoms with Crippen LogP contribution in [0.25, 0.3) is 0 Å². The van der Waals surface area contributed by atoms with E-state index in [1.807, 2.05) is 13.8 Å². The zero-order valence-corrected chi connectivity index (χ0v) is 9.60. The fraction of sp³-hybridized carbons (Fsp3) is 1.00. The minimum absolute atomic E-state index is 0.00437. The van der Waals surface area contributed by atoms with Crippen molar-refractivity contribution >= 4 is 10.0 Å². The summed E-state index contributed by atoms with van der Waals surface area (Å²) in [6.45, 7) is 4.94. The molecule has 0 saturated heterocycles. The quantitative estimate of drug-likeness (QED) is 0.646. The van der Waals surface area contributed by atoms with Crippen LogP contribution in [0.15, 0.2) is 0 Å². The van der Waals surface area contributed by atoms with E-state index in [1.54, 1.807) is 7.05 Å². The van der Waals surface area contributed by atoms with Gasteiger partial charge in [0, 0.05) is 20.2 Å². The molecule has 0 N–H and O–H groups in total. The number of hydrogen-bond donors (Lipinski definition) is 0. The summed E-state index contributed by atoms with van der Waals surface area (Å²) in [5, 5.41) is 0. The summed E-state index contributed by atoms with van der Waals surface area (Å²) in [7, 11) is -1.51. The highest BCUT2D eigenvalue weighted by atomic mass is 32.2. The Hall–Kier alpha value is -0.130. The van der Waals surface area contributed by atoms with E-state index in [9.17, 15) is 8.42 Å². The van der Waals surface area contributed by atoms with E-state index in [2.05, 4.69) is 0 Å². The average molecular weight is 209 g/mol. The number of sulfonamides is 1. The van der Waals surface area contributed by atoms with Gasteiger partial charge in [-0.3, -0.25) is 0 Å². The summed E-state index contributed by atoms with van der Waals surface area (Å²) < 4.78 is 28.8. The second-order valence-corrected chi connectivity index (χ2v) is 5.12. The van der Waals surface area contributed by atoms with Crippen molar-refractivity contribution in [3.05, 3.63) is 0 Å². The predicted octanol–water partition coefficient (Wildman–Crippen LogP) is 0.693. The molecular weight excluding hydrogens is 190 g/mol. The van der Waals surface area contributed by atoms with E-state index in [0.717, 1.165) is 6.42 Å². The van der Waals surface area contributed by atoms with Crippen LogP contribution in [0.2, 0.25) is 0 Å². The van der Waals surface area contributed by atoms with Gasteiger partial charge in [0.15, 0.2) is 0 Å². The Bertz CT molecular complexity index is 226. The van der Waals surface area contributed by atoms with E-state index in [1.165, 1.54) is 10.6 Å². The van der Waals surface area contributed by atoms with E-state index >= 15 is 0 Å². The first-order valence-corrected chi connectivity index (χ1v) is 6.29. The van der Waals surface area contributed by atoms with E-state index in [-0.39, 0.29) is 6.10 Å². The normalized spacial score (nSPS) is 14.8. The molecule has 0 spiro atoms. The molecule has 0 saturated carbocycles. The second-order valence-electron chi connectivity index (χ2n) is 3.03. The SMILES string of the molecule is CCO[C@@H](CC)CN(C)S(C)(=O)=O. The lowest BCUT2D eigenvalue weighted by Crippen LogP contribution is -2.34. The largest absolute Gasteiger partial charge is 0.377 e. The maximum absolute atomic E-state index is 11.1. The van der Waals surface area contributed by atoms with Crippen molar-refractivity contribution < 1.29 is 13.2 Å². The van der Waals surface area contributed by atoms with Crippen molar-refractivity contribution in [3.63, 3.8) is 0 Å². The van der Waals surface area contributed by atoms with Crippen molar-refractivity contribution in [2.45, 2.75) is 26.4 Å². The van der Waals surface area contributed by atoms with Gasteiger partial charge in [-0.15, -0.1) is 0 Å². The molecule has 5 heteroatoms. The lowest BCUT2D eigenvalue weighted by Gasteiger charge is -2.21. The molecule has 0 radical (unpaired) electrons. The molecule has 0 aliphatic rings. The monoisotopic (exact) mass is 209 g/mol. The Morgan fingerprint density at radius 2 is 1.92 bits per heavy atom. The zero-order chi connectivity index (χ0) is 10.5. The molecule has 0 unspecified atom stereocenters. The van der Waals surface area contributed by atoms with Gasteiger partial charge in [-0.05, 0) is 13.3 Å². The van der Waals surface area contributed by atoms with Crippen LogP contribution in [0, 0.1) is 0 Å². The first-order valence-electron chi connectivity index (χ1n) is 4.44. The van der Waals surface area contributed by atoms with Crippen LogP contribution in [0.5, 0.6) is 0 Å². The van der Waals surface area contributed by atoms with E-state index in [0.29, 0.717) is 13.2 Å².